The number of hydrogen-bond acceptors (Lipinski definition) is 5. The van der Waals surface area contributed by atoms with Crippen LogP contribution in [-0.4, -0.2) is 21.2 Å². The summed E-state index contributed by atoms with van der Waals surface area (Å²) in [5.41, 5.74) is 2.85. The molecule has 4 rings (SSSR count). The quantitative estimate of drug-likeness (QED) is 0.682. The summed E-state index contributed by atoms with van der Waals surface area (Å²) >= 11 is 0. The molecule has 1 aliphatic rings. The lowest BCUT2D eigenvalue weighted by Crippen LogP contribution is -2.27. The highest BCUT2D eigenvalue weighted by atomic mass is 16.5. The van der Waals surface area contributed by atoms with Gasteiger partial charge in [0.1, 0.15) is 0 Å². The maximum atomic E-state index is 12.7. The van der Waals surface area contributed by atoms with Crippen LogP contribution in [-0.2, 0) is 13.0 Å². The summed E-state index contributed by atoms with van der Waals surface area (Å²) in [6.07, 6.45) is 3.92. The molecule has 3 aromatic rings. The molecule has 1 atom stereocenters. The Hall–Kier alpha value is -2.47. The van der Waals surface area contributed by atoms with Crippen molar-refractivity contribution in [2.75, 3.05) is 0 Å². The van der Waals surface area contributed by atoms with Crippen LogP contribution < -0.4 is 10.7 Å². The fraction of sp³-hybridized carbons (Fsp3) is 0.450. The highest BCUT2D eigenvalue weighted by Gasteiger charge is 2.29. The highest BCUT2D eigenvalue weighted by Crippen LogP contribution is 2.38. The van der Waals surface area contributed by atoms with Crippen molar-refractivity contribution in [3.05, 3.63) is 57.5 Å². The molecule has 1 unspecified atom stereocenters. The molecule has 1 saturated carbocycles. The Kier molecular flexibility index (Phi) is 4.59. The van der Waals surface area contributed by atoms with E-state index in [1.54, 1.807) is 0 Å². The number of rotatable bonds is 7. The van der Waals surface area contributed by atoms with Gasteiger partial charge in [-0.25, -0.2) is 0 Å². The van der Waals surface area contributed by atoms with Crippen LogP contribution in [0.15, 0.2) is 33.6 Å². The number of para-hydroxylation sites is 1. The minimum atomic E-state index is 0.135. The van der Waals surface area contributed by atoms with Crippen molar-refractivity contribution in [2.24, 2.45) is 0 Å². The summed E-state index contributed by atoms with van der Waals surface area (Å²) in [7, 11) is 0. The van der Waals surface area contributed by atoms with Gasteiger partial charge in [0.25, 0.3) is 0 Å². The van der Waals surface area contributed by atoms with Crippen LogP contribution in [0.2, 0.25) is 0 Å². The molecule has 2 heterocycles. The summed E-state index contributed by atoms with van der Waals surface area (Å²) in [5.74, 6) is 1.96. The lowest BCUT2D eigenvalue weighted by atomic mass is 10.0. The zero-order chi connectivity index (χ0) is 18.1. The standard InChI is InChI=1S/C20H24N4O2/c1-12(21-11-18-23-20(26-24-18)14-8-9-14)7-10-15-13(2)22-17-6-4-3-5-16(17)19(15)25/h3-6,12,14,21H,7-11H2,1-2H3,(H,22,25). The van der Waals surface area contributed by atoms with Crippen molar-refractivity contribution < 1.29 is 4.52 Å². The second-order valence-electron chi connectivity index (χ2n) is 7.25. The third-order valence-corrected chi connectivity index (χ3v) is 5.07. The zero-order valence-corrected chi connectivity index (χ0v) is 15.2. The molecule has 2 aromatic heterocycles. The molecular weight excluding hydrogens is 328 g/mol. The van der Waals surface area contributed by atoms with Crippen LogP contribution in [0, 0.1) is 6.92 Å². The molecule has 0 saturated heterocycles. The molecule has 6 nitrogen and oxygen atoms in total. The van der Waals surface area contributed by atoms with Crippen molar-refractivity contribution in [3.63, 3.8) is 0 Å². The topological polar surface area (TPSA) is 83.8 Å². The maximum absolute atomic E-state index is 12.7. The van der Waals surface area contributed by atoms with Crippen LogP contribution in [0.3, 0.4) is 0 Å². The van der Waals surface area contributed by atoms with Gasteiger partial charge in [0.05, 0.1) is 6.54 Å². The number of H-pyrrole nitrogens is 1. The average Bonchev–Trinajstić information content (AvgIpc) is 3.38. The average molecular weight is 352 g/mol. The monoisotopic (exact) mass is 352 g/mol. The van der Waals surface area contributed by atoms with Crippen molar-refractivity contribution in [3.8, 4) is 0 Å². The van der Waals surface area contributed by atoms with Crippen molar-refractivity contribution in [1.29, 1.82) is 0 Å². The van der Waals surface area contributed by atoms with Crippen molar-refractivity contribution in [1.82, 2.24) is 20.4 Å². The molecule has 0 amide bonds. The summed E-state index contributed by atoms with van der Waals surface area (Å²) in [6, 6.07) is 7.92. The predicted molar refractivity (Wildman–Crippen MR) is 100 cm³/mol. The first-order valence-corrected chi connectivity index (χ1v) is 9.28. The highest BCUT2D eigenvalue weighted by molar-refractivity contribution is 5.79. The van der Waals surface area contributed by atoms with Gasteiger partial charge < -0.3 is 14.8 Å². The first-order chi connectivity index (χ1) is 12.6. The maximum Gasteiger partial charge on any atom is 0.229 e. The van der Waals surface area contributed by atoms with Crippen LogP contribution in [0.25, 0.3) is 10.9 Å². The fourth-order valence-electron chi connectivity index (χ4n) is 3.27. The van der Waals surface area contributed by atoms with E-state index < -0.39 is 0 Å². The van der Waals surface area contributed by atoms with E-state index in [0.717, 1.165) is 53.7 Å². The Morgan fingerprint density at radius 3 is 2.96 bits per heavy atom. The van der Waals surface area contributed by atoms with Gasteiger partial charge >= 0.3 is 0 Å². The van der Waals surface area contributed by atoms with Gasteiger partial charge in [-0.1, -0.05) is 17.3 Å². The summed E-state index contributed by atoms with van der Waals surface area (Å²) < 4.78 is 5.28. The molecule has 1 fully saturated rings. The van der Waals surface area contributed by atoms with E-state index in [1.807, 2.05) is 31.2 Å². The molecule has 0 radical (unpaired) electrons. The van der Waals surface area contributed by atoms with Gasteiger partial charge in [-0.3, -0.25) is 4.79 Å². The molecule has 0 spiro atoms. The van der Waals surface area contributed by atoms with Crippen LogP contribution >= 0.6 is 0 Å². The molecule has 26 heavy (non-hydrogen) atoms. The Morgan fingerprint density at radius 1 is 1.35 bits per heavy atom. The third-order valence-electron chi connectivity index (χ3n) is 5.07. The van der Waals surface area contributed by atoms with E-state index in [9.17, 15) is 4.79 Å². The van der Waals surface area contributed by atoms with E-state index in [4.69, 9.17) is 4.52 Å². The second-order valence-corrected chi connectivity index (χ2v) is 7.25. The zero-order valence-electron chi connectivity index (χ0n) is 15.2. The number of nitrogens with zero attached hydrogens (tertiary/aromatic N) is 2. The summed E-state index contributed by atoms with van der Waals surface area (Å²) in [6.45, 7) is 4.68. The largest absolute Gasteiger partial charge is 0.358 e. The van der Waals surface area contributed by atoms with Crippen LogP contribution in [0.1, 0.15) is 55.1 Å². The molecule has 6 heteroatoms. The smallest absolute Gasteiger partial charge is 0.229 e. The summed E-state index contributed by atoms with van der Waals surface area (Å²) in [5, 5.41) is 8.20. The molecule has 0 bridgehead atoms. The third kappa shape index (κ3) is 3.55. The van der Waals surface area contributed by atoms with Crippen molar-refractivity contribution in [2.45, 2.75) is 58.0 Å². The van der Waals surface area contributed by atoms with E-state index in [2.05, 4.69) is 27.4 Å². The molecule has 2 N–H and O–H groups in total. The molecule has 1 aliphatic carbocycles. The lowest BCUT2D eigenvalue weighted by molar-refractivity contribution is 0.370. The Bertz CT molecular complexity index is 971. The van der Waals surface area contributed by atoms with E-state index in [-0.39, 0.29) is 11.5 Å². The Labute approximate surface area is 152 Å². The number of nitrogens with one attached hydrogen (secondary N) is 2. The first-order valence-electron chi connectivity index (χ1n) is 9.28. The van der Waals surface area contributed by atoms with Crippen molar-refractivity contribution >= 4 is 10.9 Å². The molecule has 0 aliphatic heterocycles. The fourth-order valence-corrected chi connectivity index (χ4v) is 3.27. The first kappa shape index (κ1) is 17.0. The second kappa shape index (κ2) is 7.03. The molecular formula is C20H24N4O2. The molecule has 1 aromatic carbocycles. The van der Waals surface area contributed by atoms with Gasteiger partial charge in [-0.05, 0) is 51.7 Å². The summed E-state index contributed by atoms with van der Waals surface area (Å²) in [4.78, 5) is 20.5. The molecule has 136 valence electrons. The number of fused-ring (bicyclic) bond motifs is 1. The Morgan fingerprint density at radius 2 is 2.15 bits per heavy atom. The number of hydrogen-bond donors (Lipinski definition) is 2. The normalized spacial score (nSPS) is 15.5. The minimum absolute atomic E-state index is 0.135. The van der Waals surface area contributed by atoms with Gasteiger partial charge in [-0.2, -0.15) is 4.98 Å². The Balaban J connectivity index is 1.37. The van der Waals surface area contributed by atoms with Gasteiger partial charge in [0.2, 0.25) is 5.89 Å². The number of pyridine rings is 1. The van der Waals surface area contributed by atoms with Crippen LogP contribution in [0.5, 0.6) is 0 Å². The van der Waals surface area contributed by atoms with E-state index in [1.165, 1.54) is 0 Å². The van der Waals surface area contributed by atoms with Gasteiger partial charge in [0.15, 0.2) is 11.3 Å². The number of aryl methyl sites for hydroxylation is 1. The minimum Gasteiger partial charge on any atom is -0.358 e. The van der Waals surface area contributed by atoms with E-state index in [0.29, 0.717) is 18.3 Å². The van der Waals surface area contributed by atoms with Gasteiger partial charge in [0, 0.05) is 34.1 Å². The SMILES string of the molecule is Cc1[nH]c2ccccc2c(=O)c1CCC(C)NCc1noc(C2CC2)n1. The number of aromatic nitrogens is 3. The predicted octanol–water partition coefficient (Wildman–Crippen LogP) is 3.21. The number of benzene rings is 1. The number of aromatic amines is 1. The van der Waals surface area contributed by atoms with Crippen LogP contribution in [0.4, 0.5) is 0 Å². The van der Waals surface area contributed by atoms with Gasteiger partial charge in [-0.15, -0.1) is 0 Å². The lowest BCUT2D eigenvalue weighted by Gasteiger charge is -2.13. The van der Waals surface area contributed by atoms with E-state index >= 15 is 0 Å².